The standard InChI is InChI=1S/C20H19ClN8O7/c1-8(30)24-20-28-16-14(18(34)29-20)25-9(7-23-16)6-22-12-4-2-10(15(21)27-12)17(33)26-11(19(35)36)3-5-13(31)32/h2,4,7,11H,3,5-6H2,1H3,(H,22,27)(H,26,33)(H,31,32)(H,35,36)(H2,23,24,28,29,30,34)/t11-/m0/s1. The second-order valence-corrected chi connectivity index (χ2v) is 7.67. The van der Waals surface area contributed by atoms with Crippen molar-refractivity contribution in [2.24, 2.45) is 0 Å². The molecule has 3 aromatic rings. The highest BCUT2D eigenvalue weighted by Crippen LogP contribution is 2.18. The second kappa shape index (κ2) is 11.2. The molecule has 188 valence electrons. The van der Waals surface area contributed by atoms with Crippen molar-refractivity contribution in [2.45, 2.75) is 32.4 Å². The lowest BCUT2D eigenvalue weighted by Crippen LogP contribution is -2.41. The molecule has 0 fully saturated rings. The molecule has 3 aromatic heterocycles. The van der Waals surface area contributed by atoms with E-state index in [4.69, 9.17) is 16.7 Å². The lowest BCUT2D eigenvalue weighted by Gasteiger charge is -2.14. The maximum Gasteiger partial charge on any atom is 0.326 e. The first kappa shape index (κ1) is 26.0. The number of carboxylic acid groups (broad SMARTS) is 2. The maximum atomic E-state index is 12.4. The minimum atomic E-state index is -1.42. The highest BCUT2D eigenvalue weighted by Gasteiger charge is 2.23. The molecule has 0 saturated heterocycles. The first-order valence-electron chi connectivity index (χ1n) is 10.2. The molecule has 15 nitrogen and oxygen atoms in total. The van der Waals surface area contributed by atoms with Gasteiger partial charge in [0.25, 0.3) is 11.5 Å². The zero-order chi connectivity index (χ0) is 26.4. The van der Waals surface area contributed by atoms with Crippen molar-refractivity contribution in [3.8, 4) is 0 Å². The highest BCUT2D eigenvalue weighted by molar-refractivity contribution is 6.32. The number of halogens is 1. The molecule has 0 bridgehead atoms. The fraction of sp³-hybridized carbons (Fsp3) is 0.250. The number of aromatic amines is 1. The lowest BCUT2D eigenvalue weighted by molar-refractivity contribution is -0.140. The van der Waals surface area contributed by atoms with Gasteiger partial charge in [-0.2, -0.15) is 4.98 Å². The topological polar surface area (TPSA) is 229 Å². The van der Waals surface area contributed by atoms with Crippen LogP contribution in [0.25, 0.3) is 11.2 Å². The summed E-state index contributed by atoms with van der Waals surface area (Å²) in [5.41, 5.74) is -0.368. The molecular formula is C20H19ClN8O7. The van der Waals surface area contributed by atoms with Gasteiger partial charge in [-0.3, -0.25) is 29.5 Å². The van der Waals surface area contributed by atoms with Gasteiger partial charge in [0, 0.05) is 13.3 Å². The minimum absolute atomic E-state index is 0.0332. The van der Waals surface area contributed by atoms with Crippen LogP contribution in [0, 0.1) is 0 Å². The van der Waals surface area contributed by atoms with E-state index in [0.717, 1.165) is 0 Å². The molecule has 0 aliphatic heterocycles. The number of H-pyrrole nitrogens is 1. The molecule has 0 aromatic carbocycles. The van der Waals surface area contributed by atoms with Crippen molar-refractivity contribution in [3.05, 3.63) is 45.1 Å². The van der Waals surface area contributed by atoms with E-state index in [2.05, 4.69) is 40.9 Å². The number of amides is 2. The quantitative estimate of drug-likeness (QED) is 0.200. The van der Waals surface area contributed by atoms with E-state index in [-0.39, 0.29) is 46.6 Å². The van der Waals surface area contributed by atoms with Crippen LogP contribution in [0.1, 0.15) is 35.8 Å². The third-order valence-corrected chi connectivity index (χ3v) is 4.84. The van der Waals surface area contributed by atoms with Crippen LogP contribution in [-0.4, -0.2) is 64.9 Å². The van der Waals surface area contributed by atoms with E-state index in [0.29, 0.717) is 5.69 Å². The Hall–Kier alpha value is -4.66. The number of pyridine rings is 1. The van der Waals surface area contributed by atoms with Crippen LogP contribution in [0.3, 0.4) is 0 Å². The average molecular weight is 519 g/mol. The highest BCUT2D eigenvalue weighted by atomic mass is 35.5. The van der Waals surface area contributed by atoms with Gasteiger partial charge in [0.05, 0.1) is 24.0 Å². The Balaban J connectivity index is 1.68. The molecule has 0 aliphatic carbocycles. The van der Waals surface area contributed by atoms with Gasteiger partial charge < -0.3 is 20.8 Å². The van der Waals surface area contributed by atoms with Crippen molar-refractivity contribution >= 4 is 58.3 Å². The van der Waals surface area contributed by atoms with Crippen LogP contribution >= 0.6 is 11.6 Å². The largest absolute Gasteiger partial charge is 0.481 e. The molecular weight excluding hydrogens is 500 g/mol. The summed E-state index contributed by atoms with van der Waals surface area (Å²) in [4.78, 5) is 76.5. The summed E-state index contributed by atoms with van der Waals surface area (Å²) in [6.45, 7) is 1.33. The van der Waals surface area contributed by atoms with E-state index in [1.807, 2.05) is 0 Å². The Bertz CT molecular complexity index is 1410. The molecule has 3 heterocycles. The number of hydrogen-bond donors (Lipinski definition) is 6. The van der Waals surface area contributed by atoms with E-state index < -0.39 is 41.8 Å². The number of nitrogens with zero attached hydrogens (tertiary/aromatic N) is 4. The monoisotopic (exact) mass is 518 g/mol. The van der Waals surface area contributed by atoms with Gasteiger partial charge in [0.2, 0.25) is 11.9 Å². The lowest BCUT2D eigenvalue weighted by atomic mass is 10.1. The Morgan fingerprint density at radius 2 is 1.89 bits per heavy atom. The van der Waals surface area contributed by atoms with E-state index in [1.165, 1.54) is 25.3 Å². The number of aliphatic carboxylic acids is 2. The number of rotatable bonds is 10. The van der Waals surface area contributed by atoms with Gasteiger partial charge in [0.15, 0.2) is 11.2 Å². The molecule has 3 rings (SSSR count). The smallest absolute Gasteiger partial charge is 0.326 e. The summed E-state index contributed by atoms with van der Waals surface area (Å²) < 4.78 is 0. The van der Waals surface area contributed by atoms with Gasteiger partial charge >= 0.3 is 11.9 Å². The summed E-state index contributed by atoms with van der Waals surface area (Å²) in [6.07, 6.45) is 0.620. The number of nitrogens with one attached hydrogen (secondary N) is 4. The van der Waals surface area contributed by atoms with Crippen molar-refractivity contribution in [3.63, 3.8) is 0 Å². The van der Waals surface area contributed by atoms with Crippen molar-refractivity contribution in [1.29, 1.82) is 0 Å². The van der Waals surface area contributed by atoms with Gasteiger partial charge in [0.1, 0.15) is 17.0 Å². The Labute approximate surface area is 206 Å². The Morgan fingerprint density at radius 1 is 1.14 bits per heavy atom. The zero-order valence-electron chi connectivity index (χ0n) is 18.5. The fourth-order valence-corrected chi connectivity index (χ4v) is 3.15. The number of carboxylic acids is 2. The second-order valence-electron chi connectivity index (χ2n) is 7.31. The first-order chi connectivity index (χ1) is 17.0. The van der Waals surface area contributed by atoms with E-state index >= 15 is 0 Å². The Kier molecular flexibility index (Phi) is 8.06. The molecule has 36 heavy (non-hydrogen) atoms. The van der Waals surface area contributed by atoms with Gasteiger partial charge in [-0.05, 0) is 18.6 Å². The number of carbonyl (C=O) groups excluding carboxylic acids is 2. The van der Waals surface area contributed by atoms with Crippen LogP contribution in [0.2, 0.25) is 5.15 Å². The predicted molar refractivity (Wildman–Crippen MR) is 125 cm³/mol. The molecule has 0 aliphatic rings. The molecule has 1 atom stereocenters. The molecule has 0 spiro atoms. The Morgan fingerprint density at radius 3 is 2.53 bits per heavy atom. The number of aromatic nitrogens is 5. The average Bonchev–Trinajstić information content (AvgIpc) is 2.79. The van der Waals surface area contributed by atoms with Gasteiger partial charge in [-0.1, -0.05) is 11.6 Å². The van der Waals surface area contributed by atoms with Crippen molar-refractivity contribution in [2.75, 3.05) is 10.6 Å². The van der Waals surface area contributed by atoms with Crippen LogP contribution in [0.15, 0.2) is 23.1 Å². The summed E-state index contributed by atoms with van der Waals surface area (Å²) in [5.74, 6) is -3.64. The SMILES string of the molecule is CC(=O)Nc1nc2ncc(CNc3ccc(C(=O)N[C@@H](CCC(=O)O)C(=O)O)c(Cl)n3)nc2c(=O)[nH]1. The fourth-order valence-electron chi connectivity index (χ4n) is 2.91. The van der Waals surface area contributed by atoms with Crippen LogP contribution < -0.4 is 21.5 Å². The van der Waals surface area contributed by atoms with Crippen molar-refractivity contribution < 1.29 is 29.4 Å². The van der Waals surface area contributed by atoms with E-state index in [9.17, 15) is 29.1 Å². The molecule has 0 saturated carbocycles. The summed E-state index contributed by atoms with van der Waals surface area (Å²) in [6, 6.07) is 1.31. The molecule has 6 N–H and O–H groups in total. The van der Waals surface area contributed by atoms with Gasteiger partial charge in [-0.15, -0.1) is 0 Å². The van der Waals surface area contributed by atoms with Crippen LogP contribution in [-0.2, 0) is 20.9 Å². The predicted octanol–water partition coefficient (Wildman–Crippen LogP) is 0.380. The van der Waals surface area contributed by atoms with Crippen LogP contribution in [0.4, 0.5) is 11.8 Å². The van der Waals surface area contributed by atoms with Crippen LogP contribution in [0.5, 0.6) is 0 Å². The van der Waals surface area contributed by atoms with E-state index in [1.54, 1.807) is 0 Å². The minimum Gasteiger partial charge on any atom is -0.481 e. The number of fused-ring (bicyclic) bond motifs is 1. The molecule has 2 amide bonds. The summed E-state index contributed by atoms with van der Waals surface area (Å²) in [7, 11) is 0. The van der Waals surface area contributed by atoms with Gasteiger partial charge in [-0.25, -0.2) is 19.7 Å². The molecule has 0 radical (unpaired) electrons. The number of carbonyl (C=O) groups is 4. The molecule has 16 heteroatoms. The van der Waals surface area contributed by atoms with Crippen molar-refractivity contribution in [1.82, 2.24) is 30.2 Å². The molecule has 0 unspecified atom stereocenters. The third-order valence-electron chi connectivity index (χ3n) is 4.56. The summed E-state index contributed by atoms with van der Waals surface area (Å²) >= 11 is 6.08. The normalized spacial score (nSPS) is 11.5. The number of anilines is 2. The first-order valence-corrected chi connectivity index (χ1v) is 10.6. The summed E-state index contributed by atoms with van der Waals surface area (Å²) in [5, 5.41) is 25.2. The maximum absolute atomic E-state index is 12.4. The zero-order valence-corrected chi connectivity index (χ0v) is 19.3. The third kappa shape index (κ3) is 6.69. The number of hydrogen-bond acceptors (Lipinski definition) is 10.